The molecule has 0 bridgehead atoms. The molecule has 0 saturated carbocycles. The average Bonchev–Trinajstić information content (AvgIpc) is 3.33. The van der Waals surface area contributed by atoms with Crippen molar-refractivity contribution in [1.29, 1.82) is 0 Å². The van der Waals surface area contributed by atoms with E-state index in [1.807, 2.05) is 54.6 Å². The highest BCUT2D eigenvalue weighted by Crippen LogP contribution is 2.24. The zero-order valence-electron chi connectivity index (χ0n) is 20.2. The molecule has 4 rings (SSSR count). The molecule has 38 heavy (non-hydrogen) atoms. The van der Waals surface area contributed by atoms with Crippen LogP contribution in [0, 0.1) is 0 Å². The predicted molar refractivity (Wildman–Crippen MR) is 152 cm³/mol. The van der Waals surface area contributed by atoms with E-state index in [1.165, 1.54) is 17.4 Å². The number of fused-ring (bicyclic) bond motifs is 1. The fourth-order valence-electron chi connectivity index (χ4n) is 3.76. The molecule has 4 aromatic rings. The Kier molecular flexibility index (Phi) is 8.60. The fraction of sp³-hybridized carbons (Fsp3) is 0.0741. The molecule has 0 unspecified atom stereocenters. The van der Waals surface area contributed by atoms with E-state index in [1.54, 1.807) is 24.3 Å². The van der Waals surface area contributed by atoms with Crippen molar-refractivity contribution in [1.82, 2.24) is 15.5 Å². The Morgan fingerprint density at radius 3 is 2.68 bits per heavy atom. The number of nitrogens with zero attached hydrogens (tertiary/aromatic N) is 4. The van der Waals surface area contributed by atoms with Crippen LogP contribution < -0.4 is 21.5 Å². The SMILES string of the molecule is C=N/N=C\N(N)c1ccc(Cl)cc1/C=C/C(=O)N[C@@H](Cc1ccccc1)C(=O)Nc1n[nH]c2ccccc12. The van der Waals surface area contributed by atoms with E-state index in [0.717, 1.165) is 16.5 Å². The molecule has 192 valence electrons. The van der Waals surface area contributed by atoms with Gasteiger partial charge in [-0.2, -0.15) is 10.2 Å². The highest BCUT2D eigenvalue weighted by Gasteiger charge is 2.22. The topological polar surface area (TPSA) is 141 Å². The van der Waals surface area contributed by atoms with Crippen LogP contribution in [-0.2, 0) is 16.0 Å². The van der Waals surface area contributed by atoms with Crippen LogP contribution >= 0.6 is 11.6 Å². The predicted octanol–water partition coefficient (Wildman–Crippen LogP) is 3.92. The lowest BCUT2D eigenvalue weighted by Crippen LogP contribution is -2.44. The van der Waals surface area contributed by atoms with E-state index in [9.17, 15) is 9.59 Å². The van der Waals surface area contributed by atoms with E-state index in [0.29, 0.717) is 22.1 Å². The first-order valence-corrected chi connectivity index (χ1v) is 11.9. The smallest absolute Gasteiger partial charge is 0.248 e. The van der Waals surface area contributed by atoms with Crippen LogP contribution in [0.5, 0.6) is 0 Å². The van der Waals surface area contributed by atoms with Crippen molar-refractivity contribution in [3.05, 3.63) is 95.0 Å². The third-order valence-corrected chi connectivity index (χ3v) is 5.80. The summed E-state index contributed by atoms with van der Waals surface area (Å²) in [5.74, 6) is 5.50. The maximum absolute atomic E-state index is 13.3. The number of benzene rings is 3. The minimum atomic E-state index is -0.874. The molecule has 0 aliphatic carbocycles. The van der Waals surface area contributed by atoms with Gasteiger partial charge in [0.25, 0.3) is 0 Å². The van der Waals surface area contributed by atoms with Crippen LogP contribution in [-0.4, -0.2) is 41.1 Å². The molecule has 0 fully saturated rings. The molecule has 0 aliphatic rings. The highest BCUT2D eigenvalue weighted by molar-refractivity contribution is 6.30. The highest BCUT2D eigenvalue weighted by atomic mass is 35.5. The van der Waals surface area contributed by atoms with E-state index in [-0.39, 0.29) is 6.42 Å². The van der Waals surface area contributed by atoms with Gasteiger partial charge in [-0.1, -0.05) is 54.1 Å². The van der Waals surface area contributed by atoms with Crippen LogP contribution in [0.4, 0.5) is 11.5 Å². The number of hydrogen-bond donors (Lipinski definition) is 4. The van der Waals surface area contributed by atoms with E-state index in [2.05, 4.69) is 37.8 Å². The number of aromatic amines is 1. The van der Waals surface area contributed by atoms with Crippen LogP contribution in [0.1, 0.15) is 11.1 Å². The van der Waals surface area contributed by atoms with Crippen LogP contribution in [0.3, 0.4) is 0 Å². The Labute approximate surface area is 223 Å². The van der Waals surface area contributed by atoms with Crippen molar-refractivity contribution in [3.8, 4) is 0 Å². The van der Waals surface area contributed by atoms with Crippen molar-refractivity contribution >= 4 is 65.0 Å². The number of nitrogens with two attached hydrogens (primary N) is 1. The molecular formula is C27H25ClN8O2. The number of halogens is 1. The summed E-state index contributed by atoms with van der Waals surface area (Å²) in [6.07, 6.45) is 4.40. The molecular weight excluding hydrogens is 504 g/mol. The number of carbonyl (C=O) groups excluding carboxylic acids is 2. The van der Waals surface area contributed by atoms with Gasteiger partial charge < -0.3 is 10.6 Å². The van der Waals surface area contributed by atoms with E-state index >= 15 is 0 Å². The molecule has 1 atom stereocenters. The number of rotatable bonds is 10. The van der Waals surface area contributed by atoms with Gasteiger partial charge in [0, 0.05) is 35.2 Å². The van der Waals surface area contributed by atoms with Gasteiger partial charge in [0.05, 0.1) is 11.2 Å². The number of amides is 2. The number of para-hydroxylation sites is 1. The first-order chi connectivity index (χ1) is 18.4. The molecule has 0 radical (unpaired) electrons. The Bertz CT molecular complexity index is 1500. The molecule has 2 amide bonds. The van der Waals surface area contributed by atoms with Gasteiger partial charge in [-0.3, -0.25) is 19.7 Å². The lowest BCUT2D eigenvalue weighted by atomic mass is 10.0. The zero-order chi connectivity index (χ0) is 26.9. The molecule has 1 aromatic heterocycles. The van der Waals surface area contributed by atoms with Crippen LogP contribution in [0.25, 0.3) is 17.0 Å². The van der Waals surface area contributed by atoms with Gasteiger partial charge in [-0.25, -0.2) is 5.84 Å². The summed E-state index contributed by atoms with van der Waals surface area (Å²) < 4.78 is 0. The molecule has 5 N–H and O–H groups in total. The number of aromatic nitrogens is 2. The molecule has 11 heteroatoms. The Hall–Kier alpha value is -4.80. The van der Waals surface area contributed by atoms with Crippen LogP contribution in [0.15, 0.2) is 89.1 Å². The van der Waals surface area contributed by atoms with Gasteiger partial charge in [0.15, 0.2) is 5.82 Å². The molecule has 0 saturated heterocycles. The summed E-state index contributed by atoms with van der Waals surface area (Å²) in [5, 5.41) is 22.2. The van der Waals surface area contributed by atoms with Gasteiger partial charge in [-0.15, -0.1) is 5.10 Å². The minimum absolute atomic E-state index is 0.276. The Morgan fingerprint density at radius 2 is 1.89 bits per heavy atom. The quantitative estimate of drug-likeness (QED) is 0.0811. The third-order valence-electron chi connectivity index (χ3n) is 5.57. The van der Waals surface area contributed by atoms with Gasteiger partial charge >= 0.3 is 0 Å². The average molecular weight is 529 g/mol. The monoisotopic (exact) mass is 528 g/mol. The number of H-pyrrole nitrogens is 1. The zero-order valence-corrected chi connectivity index (χ0v) is 21.0. The molecule has 10 nitrogen and oxygen atoms in total. The largest absolute Gasteiger partial charge is 0.340 e. The molecule has 0 aliphatic heterocycles. The Balaban J connectivity index is 1.54. The summed E-state index contributed by atoms with van der Waals surface area (Å²) >= 11 is 6.15. The van der Waals surface area contributed by atoms with Crippen molar-refractivity contribution in [2.45, 2.75) is 12.5 Å². The number of hydrogen-bond acceptors (Lipinski definition) is 6. The van der Waals surface area contributed by atoms with Crippen molar-refractivity contribution < 1.29 is 9.59 Å². The first-order valence-electron chi connectivity index (χ1n) is 11.5. The van der Waals surface area contributed by atoms with Crippen molar-refractivity contribution in [2.75, 3.05) is 10.3 Å². The number of nitrogens with one attached hydrogen (secondary N) is 3. The first kappa shape index (κ1) is 26.3. The molecule has 3 aromatic carbocycles. The maximum atomic E-state index is 13.3. The fourth-order valence-corrected chi connectivity index (χ4v) is 3.94. The maximum Gasteiger partial charge on any atom is 0.248 e. The lowest BCUT2D eigenvalue weighted by molar-refractivity contribution is -0.123. The van der Waals surface area contributed by atoms with Crippen LogP contribution in [0.2, 0.25) is 5.02 Å². The lowest BCUT2D eigenvalue weighted by Gasteiger charge is -2.18. The summed E-state index contributed by atoms with van der Waals surface area (Å²) in [5.41, 5.74) is 2.75. The van der Waals surface area contributed by atoms with Gasteiger partial charge in [0.2, 0.25) is 11.8 Å². The second-order valence-electron chi connectivity index (χ2n) is 8.17. The van der Waals surface area contributed by atoms with E-state index in [4.69, 9.17) is 17.4 Å². The normalized spacial score (nSPS) is 12.1. The Morgan fingerprint density at radius 1 is 1.13 bits per heavy atom. The molecule has 0 spiro atoms. The summed E-state index contributed by atoms with van der Waals surface area (Å²) in [6.45, 7) is 3.28. The second-order valence-corrected chi connectivity index (χ2v) is 8.61. The van der Waals surface area contributed by atoms with E-state index < -0.39 is 17.9 Å². The van der Waals surface area contributed by atoms with Crippen molar-refractivity contribution in [2.24, 2.45) is 16.0 Å². The second kappa shape index (κ2) is 12.4. The number of hydrazine groups is 1. The number of anilines is 2. The van der Waals surface area contributed by atoms with Gasteiger partial charge in [0.1, 0.15) is 12.4 Å². The van der Waals surface area contributed by atoms with Gasteiger partial charge in [-0.05, 0) is 42.0 Å². The third kappa shape index (κ3) is 6.69. The summed E-state index contributed by atoms with van der Waals surface area (Å²) in [4.78, 5) is 26.2. The summed E-state index contributed by atoms with van der Waals surface area (Å²) in [7, 11) is 0. The standard InChI is InChI=1S/C27H25ClN8O2/c1-30-31-17-36(29)24-13-12-20(28)16-19(24)11-14-25(37)32-23(15-18-7-3-2-4-8-18)27(38)33-26-21-9-5-6-10-22(21)34-35-26/h2-14,16-17,23H,1,15,29H2,(H,32,37)(H2,33,34,35,38)/b14-11+,31-17-/t23-/m0/s1. The van der Waals surface area contributed by atoms with Crippen molar-refractivity contribution in [3.63, 3.8) is 0 Å². The minimum Gasteiger partial charge on any atom is -0.340 e. The molecule has 1 heterocycles. The summed E-state index contributed by atoms with van der Waals surface area (Å²) in [6, 6.07) is 20.9. The number of carbonyl (C=O) groups is 2.